The van der Waals surface area contributed by atoms with Gasteiger partial charge in [0.1, 0.15) is 0 Å². The van der Waals surface area contributed by atoms with Gasteiger partial charge >= 0.3 is 0 Å². The molecule has 1 aromatic heterocycles. The molecule has 1 aliphatic heterocycles. The molecular formula is C15H16N2O2S2. The molecule has 0 saturated carbocycles. The molecule has 0 aliphatic carbocycles. The Labute approximate surface area is 128 Å². The van der Waals surface area contributed by atoms with Crippen molar-refractivity contribution in [1.82, 2.24) is 4.41 Å². The Bertz CT molecular complexity index is 780. The maximum atomic E-state index is 12.0. The van der Waals surface area contributed by atoms with E-state index in [1.807, 2.05) is 48.7 Å². The molecule has 0 saturated heterocycles. The number of rotatable bonds is 3. The van der Waals surface area contributed by atoms with Crippen LogP contribution in [0.2, 0.25) is 0 Å². The first-order valence-electron chi connectivity index (χ1n) is 6.62. The quantitative estimate of drug-likeness (QED) is 0.872. The van der Waals surface area contributed by atoms with E-state index in [1.165, 1.54) is 10.7 Å². The van der Waals surface area contributed by atoms with Crippen LogP contribution < -0.4 is 0 Å². The van der Waals surface area contributed by atoms with Gasteiger partial charge in [0.05, 0.1) is 22.9 Å². The summed E-state index contributed by atoms with van der Waals surface area (Å²) in [5.41, 5.74) is 2.93. The Kier molecular flexibility index (Phi) is 3.59. The summed E-state index contributed by atoms with van der Waals surface area (Å²) in [6.45, 7) is 2.00. The molecule has 1 atom stereocenters. The van der Waals surface area contributed by atoms with E-state index in [-0.39, 0.29) is 6.04 Å². The molecule has 1 aliphatic rings. The van der Waals surface area contributed by atoms with Gasteiger partial charge in [-0.25, -0.2) is 8.42 Å². The fourth-order valence-corrected chi connectivity index (χ4v) is 4.14. The Morgan fingerprint density at radius 1 is 1.29 bits per heavy atom. The predicted octanol–water partition coefficient (Wildman–Crippen LogP) is 3.17. The number of nitrogens with zero attached hydrogens (tertiary/aromatic N) is 2. The zero-order chi connectivity index (χ0) is 15.0. The largest absolute Gasteiger partial charge is 0.247 e. The normalized spacial score (nSPS) is 18.9. The van der Waals surface area contributed by atoms with Crippen LogP contribution in [0.25, 0.3) is 0 Å². The third kappa shape index (κ3) is 2.87. The molecule has 1 aromatic carbocycles. The number of hydrogen-bond donors (Lipinski definition) is 0. The van der Waals surface area contributed by atoms with Gasteiger partial charge in [-0.3, -0.25) is 0 Å². The molecule has 3 rings (SSSR count). The molecule has 0 amide bonds. The van der Waals surface area contributed by atoms with Crippen LogP contribution in [0.3, 0.4) is 0 Å². The monoisotopic (exact) mass is 320 g/mol. The Hall–Kier alpha value is -1.66. The first-order chi connectivity index (χ1) is 9.95. The van der Waals surface area contributed by atoms with Gasteiger partial charge in [0, 0.05) is 6.42 Å². The second-order valence-electron chi connectivity index (χ2n) is 5.19. The molecule has 4 nitrogen and oxygen atoms in total. The Morgan fingerprint density at radius 2 is 2.10 bits per heavy atom. The van der Waals surface area contributed by atoms with Gasteiger partial charge in [0.15, 0.2) is 0 Å². The Morgan fingerprint density at radius 3 is 2.71 bits per heavy atom. The lowest BCUT2D eigenvalue weighted by Crippen LogP contribution is -2.25. The molecule has 110 valence electrons. The first kappa shape index (κ1) is 14.3. The van der Waals surface area contributed by atoms with Crippen molar-refractivity contribution in [3.05, 3.63) is 57.8 Å². The van der Waals surface area contributed by atoms with Crippen LogP contribution in [-0.4, -0.2) is 24.8 Å². The van der Waals surface area contributed by atoms with Crippen molar-refractivity contribution in [3.8, 4) is 0 Å². The maximum absolute atomic E-state index is 12.0. The van der Waals surface area contributed by atoms with Crippen molar-refractivity contribution in [3.63, 3.8) is 0 Å². The molecular weight excluding hydrogens is 304 g/mol. The van der Waals surface area contributed by atoms with Crippen molar-refractivity contribution in [2.45, 2.75) is 19.4 Å². The molecule has 2 heterocycles. The highest BCUT2D eigenvalue weighted by Crippen LogP contribution is 2.35. The predicted molar refractivity (Wildman–Crippen MR) is 86.1 cm³/mol. The number of hydrogen-bond acceptors (Lipinski definition) is 4. The van der Waals surface area contributed by atoms with E-state index in [9.17, 15) is 8.42 Å². The fraction of sp³-hybridized carbons (Fsp3) is 0.267. The van der Waals surface area contributed by atoms with E-state index in [2.05, 4.69) is 5.10 Å². The summed E-state index contributed by atoms with van der Waals surface area (Å²) < 4.78 is 25.3. The molecule has 0 spiro atoms. The minimum atomic E-state index is -3.39. The second-order valence-corrected chi connectivity index (χ2v) is 7.98. The molecule has 6 heteroatoms. The highest BCUT2D eigenvalue weighted by atomic mass is 32.2. The van der Waals surface area contributed by atoms with Crippen molar-refractivity contribution in [1.29, 1.82) is 0 Å². The zero-order valence-electron chi connectivity index (χ0n) is 11.9. The van der Waals surface area contributed by atoms with Crippen LogP contribution in [0.15, 0.2) is 46.9 Å². The average molecular weight is 320 g/mol. The summed E-state index contributed by atoms with van der Waals surface area (Å²) in [5, 5.41) is 6.34. The van der Waals surface area contributed by atoms with E-state index >= 15 is 0 Å². The van der Waals surface area contributed by atoms with Gasteiger partial charge < -0.3 is 0 Å². The lowest BCUT2D eigenvalue weighted by atomic mass is 10.0. The smallest absolute Gasteiger partial charge is 0.205 e. The van der Waals surface area contributed by atoms with Crippen LogP contribution in [0.5, 0.6) is 0 Å². The molecule has 0 radical (unpaired) electrons. The van der Waals surface area contributed by atoms with Gasteiger partial charge in [-0.15, -0.1) is 11.3 Å². The third-order valence-electron chi connectivity index (χ3n) is 3.44. The highest BCUT2D eigenvalue weighted by molar-refractivity contribution is 7.88. The molecule has 21 heavy (non-hydrogen) atoms. The van der Waals surface area contributed by atoms with Crippen molar-refractivity contribution >= 4 is 27.1 Å². The highest BCUT2D eigenvalue weighted by Gasteiger charge is 2.34. The standard InChI is InChI=1S/C15H16N2O2S2/c1-11-5-3-6-12(9-11)14-10-13(15-7-4-8-20-15)16-17(14)21(2,18)19/h3-9,14H,10H2,1-2H3. The lowest BCUT2D eigenvalue weighted by Gasteiger charge is -2.21. The number of aryl methyl sites for hydroxylation is 1. The van der Waals surface area contributed by atoms with E-state index < -0.39 is 10.0 Å². The second kappa shape index (κ2) is 5.27. The van der Waals surface area contributed by atoms with E-state index in [0.29, 0.717) is 6.42 Å². The van der Waals surface area contributed by atoms with Crippen LogP contribution >= 0.6 is 11.3 Å². The number of thiophene rings is 1. The van der Waals surface area contributed by atoms with Crippen molar-refractivity contribution in [2.24, 2.45) is 5.10 Å². The van der Waals surface area contributed by atoms with Crippen LogP contribution in [0.4, 0.5) is 0 Å². The number of sulfonamides is 1. The molecule has 1 unspecified atom stereocenters. The fourth-order valence-electron chi connectivity index (χ4n) is 2.51. The summed E-state index contributed by atoms with van der Waals surface area (Å²) in [5.74, 6) is 0. The van der Waals surface area contributed by atoms with Crippen LogP contribution in [0, 0.1) is 6.92 Å². The molecule has 2 aromatic rings. The van der Waals surface area contributed by atoms with Gasteiger partial charge in [-0.2, -0.15) is 9.52 Å². The van der Waals surface area contributed by atoms with E-state index in [4.69, 9.17) is 0 Å². The summed E-state index contributed by atoms with van der Waals surface area (Å²) >= 11 is 1.58. The van der Waals surface area contributed by atoms with Crippen LogP contribution in [0.1, 0.15) is 28.5 Å². The number of hydrazone groups is 1. The van der Waals surface area contributed by atoms with E-state index in [1.54, 1.807) is 11.3 Å². The third-order valence-corrected chi connectivity index (χ3v) is 5.38. The SMILES string of the molecule is Cc1cccc(C2CC(c3cccs3)=NN2S(C)(=O)=O)c1. The minimum Gasteiger partial charge on any atom is -0.205 e. The molecule has 0 N–H and O–H groups in total. The first-order valence-corrected chi connectivity index (χ1v) is 9.35. The molecule has 0 fully saturated rings. The van der Waals surface area contributed by atoms with Crippen molar-refractivity contribution in [2.75, 3.05) is 6.26 Å². The summed E-state index contributed by atoms with van der Waals surface area (Å²) in [7, 11) is -3.39. The van der Waals surface area contributed by atoms with Gasteiger partial charge in [0.2, 0.25) is 10.0 Å². The maximum Gasteiger partial charge on any atom is 0.247 e. The van der Waals surface area contributed by atoms with Crippen LogP contribution in [-0.2, 0) is 10.0 Å². The summed E-state index contributed by atoms with van der Waals surface area (Å²) in [6.07, 6.45) is 1.81. The minimum absolute atomic E-state index is 0.253. The Balaban J connectivity index is 2.02. The summed E-state index contributed by atoms with van der Waals surface area (Å²) in [4.78, 5) is 1.03. The average Bonchev–Trinajstić information content (AvgIpc) is 3.07. The van der Waals surface area contributed by atoms with Crippen molar-refractivity contribution < 1.29 is 8.42 Å². The zero-order valence-corrected chi connectivity index (χ0v) is 13.5. The molecule has 0 bridgehead atoms. The van der Waals surface area contributed by atoms with Gasteiger partial charge in [-0.1, -0.05) is 35.9 Å². The van der Waals surface area contributed by atoms with E-state index in [0.717, 1.165) is 21.7 Å². The topological polar surface area (TPSA) is 49.7 Å². The number of benzene rings is 1. The summed E-state index contributed by atoms with van der Waals surface area (Å²) in [6, 6.07) is 11.6. The van der Waals surface area contributed by atoms with Gasteiger partial charge in [-0.05, 0) is 23.9 Å². The lowest BCUT2D eigenvalue weighted by molar-refractivity contribution is 0.374. The van der Waals surface area contributed by atoms with Gasteiger partial charge in [0.25, 0.3) is 0 Å².